The minimum Gasteiger partial charge on any atom is -0.475 e. The summed E-state index contributed by atoms with van der Waals surface area (Å²) < 4.78 is 35.6. The first-order chi connectivity index (χ1) is 20.3. The van der Waals surface area contributed by atoms with E-state index in [4.69, 9.17) is 4.74 Å². The van der Waals surface area contributed by atoms with E-state index in [1.54, 1.807) is 23.1 Å². The molecule has 216 valence electrons. The van der Waals surface area contributed by atoms with Crippen LogP contribution in [0, 0.1) is 13.8 Å². The van der Waals surface area contributed by atoms with Crippen LogP contribution >= 0.6 is 0 Å². The Morgan fingerprint density at radius 3 is 2.48 bits per heavy atom. The molecule has 6 rings (SSSR count). The van der Waals surface area contributed by atoms with Gasteiger partial charge >= 0.3 is 0 Å². The summed E-state index contributed by atoms with van der Waals surface area (Å²) in [7, 11) is -4.08. The maximum Gasteiger partial charge on any atom is 0.264 e. The molecule has 0 spiro atoms. The van der Waals surface area contributed by atoms with Crippen molar-refractivity contribution in [2.45, 2.75) is 31.2 Å². The molecular formula is C32H33N5O4S. The third-order valence-corrected chi connectivity index (χ3v) is 9.19. The number of piperazine rings is 1. The minimum absolute atomic E-state index is 0.0332. The van der Waals surface area contributed by atoms with Crippen molar-refractivity contribution < 1.29 is 17.9 Å². The van der Waals surface area contributed by atoms with Crippen LogP contribution in [0.1, 0.15) is 27.0 Å². The van der Waals surface area contributed by atoms with Crippen molar-refractivity contribution in [3.63, 3.8) is 0 Å². The largest absolute Gasteiger partial charge is 0.475 e. The predicted octanol–water partition coefficient (Wildman–Crippen LogP) is 4.32. The molecule has 9 nitrogen and oxygen atoms in total. The minimum atomic E-state index is -4.08. The molecule has 1 N–H and O–H groups in total. The summed E-state index contributed by atoms with van der Waals surface area (Å²) in [5.74, 6) is -0.0807. The second-order valence-corrected chi connectivity index (χ2v) is 12.5. The van der Waals surface area contributed by atoms with Gasteiger partial charge in [-0.3, -0.25) is 9.69 Å². The fraction of sp³-hybridized carbons (Fsp3) is 0.281. The molecule has 3 aromatic carbocycles. The molecule has 0 aliphatic carbocycles. The highest BCUT2D eigenvalue weighted by Crippen LogP contribution is 2.30. The average Bonchev–Trinajstić information content (AvgIpc) is 2.99. The Balaban J connectivity index is 1.37. The smallest absolute Gasteiger partial charge is 0.264 e. The monoisotopic (exact) mass is 583 g/mol. The predicted molar refractivity (Wildman–Crippen MR) is 161 cm³/mol. The SMILES string of the molecule is Cc1cccc(C)c1-c1cc2nc(n1)NS(=O)(=O)c1cccc(c1)C(=O)N1CCN(CCc3ccccc3)CC1CO2. The number of nitrogens with zero attached hydrogens (tertiary/aromatic N) is 4. The zero-order chi connectivity index (χ0) is 29.3. The molecule has 1 saturated heterocycles. The molecular weight excluding hydrogens is 550 g/mol. The van der Waals surface area contributed by atoms with E-state index in [1.807, 2.05) is 50.2 Å². The van der Waals surface area contributed by atoms with Crippen LogP contribution in [0.15, 0.2) is 83.8 Å². The van der Waals surface area contributed by atoms with Crippen LogP contribution in [0.3, 0.4) is 0 Å². The lowest BCUT2D eigenvalue weighted by Gasteiger charge is -2.41. The van der Waals surface area contributed by atoms with E-state index >= 15 is 0 Å². The number of aromatic nitrogens is 2. The summed E-state index contributed by atoms with van der Waals surface area (Å²) in [5, 5.41) is 0. The summed E-state index contributed by atoms with van der Waals surface area (Å²) >= 11 is 0. The molecule has 4 aromatic rings. The van der Waals surface area contributed by atoms with E-state index < -0.39 is 10.0 Å². The van der Waals surface area contributed by atoms with Crippen molar-refractivity contribution in [3.05, 3.63) is 101 Å². The van der Waals surface area contributed by atoms with Gasteiger partial charge in [-0.2, -0.15) is 4.98 Å². The van der Waals surface area contributed by atoms with Crippen LogP contribution in [0.5, 0.6) is 5.88 Å². The summed E-state index contributed by atoms with van der Waals surface area (Å²) in [6, 6.07) is 23.9. The van der Waals surface area contributed by atoms with Crippen molar-refractivity contribution in [1.29, 1.82) is 0 Å². The second kappa shape index (κ2) is 11.5. The van der Waals surface area contributed by atoms with Crippen molar-refractivity contribution >= 4 is 21.9 Å². The molecule has 3 heterocycles. The zero-order valence-corrected chi connectivity index (χ0v) is 24.5. The summed E-state index contributed by atoms with van der Waals surface area (Å²) in [4.78, 5) is 26.9. The highest BCUT2D eigenvalue weighted by atomic mass is 32.2. The molecule has 2 aliphatic heterocycles. The van der Waals surface area contributed by atoms with Crippen LogP contribution in [0.4, 0.5) is 5.95 Å². The maximum atomic E-state index is 13.8. The number of amides is 1. The number of sulfonamides is 1. The third-order valence-electron chi connectivity index (χ3n) is 7.87. The third kappa shape index (κ3) is 5.86. The molecule has 1 aromatic heterocycles. The normalized spacial score (nSPS) is 18.5. The number of ether oxygens (including phenoxy) is 1. The summed E-state index contributed by atoms with van der Waals surface area (Å²) in [5.41, 5.74) is 5.01. The van der Waals surface area contributed by atoms with Crippen LogP contribution in [0.25, 0.3) is 11.3 Å². The number of rotatable bonds is 4. The van der Waals surface area contributed by atoms with Crippen LogP contribution < -0.4 is 9.46 Å². The van der Waals surface area contributed by atoms with Gasteiger partial charge in [0, 0.05) is 43.4 Å². The van der Waals surface area contributed by atoms with Gasteiger partial charge < -0.3 is 9.64 Å². The molecule has 1 unspecified atom stereocenters. The number of benzene rings is 3. The Morgan fingerprint density at radius 2 is 1.69 bits per heavy atom. The van der Waals surface area contributed by atoms with Crippen LogP contribution in [0.2, 0.25) is 0 Å². The number of nitrogens with one attached hydrogen (secondary N) is 1. The highest BCUT2D eigenvalue weighted by molar-refractivity contribution is 7.92. The maximum absolute atomic E-state index is 13.8. The van der Waals surface area contributed by atoms with Gasteiger partial charge in [0.15, 0.2) is 0 Å². The molecule has 0 radical (unpaired) electrons. The lowest BCUT2D eigenvalue weighted by atomic mass is 10.00. The fourth-order valence-corrected chi connectivity index (χ4v) is 6.67. The van der Waals surface area contributed by atoms with Gasteiger partial charge in [-0.15, -0.1) is 0 Å². The van der Waals surface area contributed by atoms with Crippen LogP contribution in [-0.2, 0) is 16.4 Å². The van der Waals surface area contributed by atoms with Crippen molar-refractivity contribution in [2.75, 3.05) is 37.5 Å². The average molecular weight is 584 g/mol. The Morgan fingerprint density at radius 1 is 0.929 bits per heavy atom. The molecule has 42 heavy (non-hydrogen) atoms. The van der Waals surface area contributed by atoms with Gasteiger partial charge in [0.1, 0.15) is 6.61 Å². The van der Waals surface area contributed by atoms with Gasteiger partial charge in [-0.1, -0.05) is 54.6 Å². The molecule has 4 bridgehead atoms. The molecule has 2 aliphatic rings. The molecule has 0 saturated carbocycles. The Kier molecular flexibility index (Phi) is 7.66. The highest BCUT2D eigenvalue weighted by Gasteiger charge is 2.33. The molecule has 1 atom stereocenters. The first-order valence-corrected chi connectivity index (χ1v) is 15.5. The van der Waals surface area contributed by atoms with E-state index in [0.29, 0.717) is 30.9 Å². The Bertz CT molecular complexity index is 1710. The number of hydrogen-bond acceptors (Lipinski definition) is 7. The molecule has 10 heteroatoms. The Labute approximate surface area is 246 Å². The number of aryl methyl sites for hydroxylation is 2. The summed E-state index contributed by atoms with van der Waals surface area (Å²) in [6.07, 6.45) is 0.905. The summed E-state index contributed by atoms with van der Waals surface area (Å²) in [6.45, 7) is 6.85. The standard InChI is InChI=1S/C32H33N5O4S/c1-22-8-6-9-23(2)30(22)28-19-29-34-32(33-28)35-42(39,40)27-13-7-12-25(18-27)31(38)37-17-16-36(20-26(37)21-41-29)15-14-24-10-4-3-5-11-24/h3-13,18-19,26H,14-17,20-21H2,1-2H3,(H,33,34,35). The lowest BCUT2D eigenvalue weighted by molar-refractivity contribution is 0.0331. The number of fused-ring (bicyclic) bond motifs is 5. The van der Waals surface area contributed by atoms with Gasteiger partial charge in [0.05, 0.1) is 16.6 Å². The van der Waals surface area contributed by atoms with Crippen LogP contribution in [-0.4, -0.2) is 72.9 Å². The zero-order valence-electron chi connectivity index (χ0n) is 23.7. The van der Waals surface area contributed by atoms with E-state index in [9.17, 15) is 13.2 Å². The topological polar surface area (TPSA) is 105 Å². The number of anilines is 1. The first kappa shape index (κ1) is 27.9. The number of carbonyl (C=O) groups excluding carboxylic acids is 1. The van der Waals surface area contributed by atoms with Crippen molar-refractivity contribution in [2.24, 2.45) is 0 Å². The molecule has 1 amide bonds. The Hall–Kier alpha value is -4.28. The number of hydrogen-bond donors (Lipinski definition) is 1. The van der Waals surface area contributed by atoms with Gasteiger partial charge in [-0.25, -0.2) is 18.1 Å². The first-order valence-electron chi connectivity index (χ1n) is 14.1. The second-order valence-electron chi connectivity index (χ2n) is 10.8. The number of carbonyl (C=O) groups is 1. The van der Waals surface area contributed by atoms with Gasteiger partial charge in [-0.05, 0) is 55.2 Å². The van der Waals surface area contributed by atoms with E-state index in [-0.39, 0.29) is 35.3 Å². The van der Waals surface area contributed by atoms with Crippen molar-refractivity contribution in [3.8, 4) is 17.1 Å². The van der Waals surface area contributed by atoms with Gasteiger partial charge in [0.2, 0.25) is 11.8 Å². The van der Waals surface area contributed by atoms with Crippen molar-refractivity contribution in [1.82, 2.24) is 19.8 Å². The van der Waals surface area contributed by atoms with Gasteiger partial charge in [0.25, 0.3) is 15.9 Å². The quantitative estimate of drug-likeness (QED) is 0.382. The fourth-order valence-electron chi connectivity index (χ4n) is 5.68. The lowest BCUT2D eigenvalue weighted by Crippen LogP contribution is -2.57. The van der Waals surface area contributed by atoms with E-state index in [2.05, 4.69) is 31.7 Å². The van der Waals surface area contributed by atoms with E-state index in [0.717, 1.165) is 29.7 Å². The molecule has 1 fully saturated rings. The van der Waals surface area contributed by atoms with E-state index in [1.165, 1.54) is 17.7 Å².